The van der Waals surface area contributed by atoms with E-state index in [1.807, 2.05) is 13.8 Å². The Labute approximate surface area is 210 Å². The number of carbonyl (C=O) groups excluding carboxylic acids is 1. The van der Waals surface area contributed by atoms with Crippen molar-refractivity contribution in [3.05, 3.63) is 54.4 Å². The number of ether oxygens (including phenoxy) is 2. The number of methoxy groups -OCH3 is 1. The highest BCUT2D eigenvalue weighted by molar-refractivity contribution is 5.99. The third-order valence-corrected chi connectivity index (χ3v) is 4.78. The van der Waals surface area contributed by atoms with Crippen LogP contribution in [0.4, 0.5) is 19.0 Å². The van der Waals surface area contributed by atoms with Gasteiger partial charge in [0.1, 0.15) is 18.2 Å². The largest absolute Gasteiger partial charge is 0.495 e. The molecule has 0 saturated heterocycles. The van der Waals surface area contributed by atoms with E-state index in [2.05, 4.69) is 28.4 Å². The Morgan fingerprint density at radius 3 is 2.36 bits per heavy atom. The van der Waals surface area contributed by atoms with Crippen molar-refractivity contribution in [2.45, 2.75) is 39.4 Å². The molecule has 0 radical (unpaired) electrons. The molecule has 2 aromatic rings. The number of carbonyl (C=O) groups is 1. The van der Waals surface area contributed by atoms with Gasteiger partial charge in [0.05, 0.1) is 30.5 Å². The second-order valence-electron chi connectivity index (χ2n) is 7.65. The Morgan fingerprint density at radius 2 is 1.92 bits per heavy atom. The van der Waals surface area contributed by atoms with Crippen molar-refractivity contribution in [2.75, 3.05) is 39.3 Å². The van der Waals surface area contributed by atoms with E-state index >= 15 is 0 Å². The van der Waals surface area contributed by atoms with Gasteiger partial charge in [-0.1, -0.05) is 25.3 Å². The summed E-state index contributed by atoms with van der Waals surface area (Å²) in [5.74, 6) is 6.29. The molecule has 0 spiro atoms. The topological polar surface area (TPSA) is 67.8 Å². The Bertz CT molecular complexity index is 1050. The molecule has 0 aromatic carbocycles. The molecule has 2 aromatic heterocycles. The molecule has 2 heterocycles. The third kappa shape index (κ3) is 9.13. The van der Waals surface area contributed by atoms with E-state index in [0.717, 1.165) is 18.6 Å². The summed E-state index contributed by atoms with van der Waals surface area (Å²) in [6, 6.07) is 3.32. The van der Waals surface area contributed by atoms with Crippen molar-refractivity contribution < 1.29 is 27.4 Å². The van der Waals surface area contributed by atoms with Gasteiger partial charge in [-0.25, -0.2) is 9.97 Å². The molecule has 10 heteroatoms. The van der Waals surface area contributed by atoms with Gasteiger partial charge < -0.3 is 19.3 Å². The third-order valence-electron chi connectivity index (χ3n) is 4.78. The zero-order chi connectivity index (χ0) is 27.3. The van der Waals surface area contributed by atoms with Crippen LogP contribution in [0.3, 0.4) is 0 Å². The van der Waals surface area contributed by atoms with Crippen LogP contribution < -0.4 is 14.4 Å². The standard InChI is InChI=1S/C20H25F3N4O3.C6H8/c1-6-27(19(28)16-9-15(29-5)11-25-18(16)26(3)4)13(2)12-30-17-8-7-14(10-24-17)20(21,22)23;1-3-5-6-4-2/h7-11,13H,6,12H2,1-5H3;3H,1,4H2,2H3. The van der Waals surface area contributed by atoms with Crippen LogP contribution in [0, 0.1) is 11.8 Å². The first-order valence-corrected chi connectivity index (χ1v) is 11.3. The molecule has 1 amide bonds. The van der Waals surface area contributed by atoms with Crippen LogP contribution in [0.5, 0.6) is 11.6 Å². The summed E-state index contributed by atoms with van der Waals surface area (Å²) in [5.41, 5.74) is -0.476. The lowest BCUT2D eigenvalue weighted by Crippen LogP contribution is -2.42. The minimum absolute atomic E-state index is 0.0513. The predicted molar refractivity (Wildman–Crippen MR) is 134 cm³/mol. The summed E-state index contributed by atoms with van der Waals surface area (Å²) >= 11 is 0. The fourth-order valence-electron chi connectivity index (χ4n) is 2.98. The average molecular weight is 507 g/mol. The highest BCUT2D eigenvalue weighted by Gasteiger charge is 2.31. The van der Waals surface area contributed by atoms with Crippen LogP contribution in [-0.4, -0.2) is 61.2 Å². The van der Waals surface area contributed by atoms with E-state index in [4.69, 9.17) is 9.47 Å². The van der Waals surface area contributed by atoms with Crippen LogP contribution in [0.15, 0.2) is 43.2 Å². The number of pyridine rings is 2. The van der Waals surface area contributed by atoms with Gasteiger partial charge in [-0.15, -0.1) is 0 Å². The molecule has 0 saturated carbocycles. The average Bonchev–Trinajstić information content (AvgIpc) is 2.86. The highest BCUT2D eigenvalue weighted by Crippen LogP contribution is 2.29. The molecule has 36 heavy (non-hydrogen) atoms. The van der Waals surface area contributed by atoms with Gasteiger partial charge in [-0.2, -0.15) is 13.2 Å². The molecule has 0 fully saturated rings. The van der Waals surface area contributed by atoms with Crippen molar-refractivity contribution in [1.82, 2.24) is 14.9 Å². The summed E-state index contributed by atoms with van der Waals surface area (Å²) in [7, 11) is 5.06. The van der Waals surface area contributed by atoms with Gasteiger partial charge in [-0.3, -0.25) is 4.79 Å². The molecule has 0 aliphatic heterocycles. The number of likely N-dealkylation sites (N-methyl/N-ethyl adjacent to an activating group) is 1. The van der Waals surface area contributed by atoms with Gasteiger partial charge in [-0.05, 0) is 32.1 Å². The predicted octanol–water partition coefficient (Wildman–Crippen LogP) is 5.09. The molecule has 0 aliphatic rings. The molecule has 1 atom stereocenters. The number of aromatic nitrogens is 2. The molecule has 196 valence electrons. The first kappa shape index (κ1) is 30.3. The summed E-state index contributed by atoms with van der Waals surface area (Å²) in [6.07, 6.45) is 0.313. The Morgan fingerprint density at radius 1 is 1.22 bits per heavy atom. The first-order chi connectivity index (χ1) is 17.0. The Kier molecular flexibility index (Phi) is 12.3. The van der Waals surface area contributed by atoms with Crippen LogP contribution in [0.25, 0.3) is 0 Å². The normalized spacial score (nSPS) is 11.1. The number of hydrogen-bond acceptors (Lipinski definition) is 6. The van der Waals surface area contributed by atoms with Crippen molar-refractivity contribution in [3.8, 4) is 23.5 Å². The lowest BCUT2D eigenvalue weighted by molar-refractivity contribution is -0.137. The molecule has 1 unspecified atom stereocenters. The summed E-state index contributed by atoms with van der Waals surface area (Å²) in [4.78, 5) is 24.5. The van der Waals surface area contributed by atoms with Crippen molar-refractivity contribution in [1.29, 1.82) is 0 Å². The van der Waals surface area contributed by atoms with Gasteiger partial charge in [0, 0.05) is 39.3 Å². The van der Waals surface area contributed by atoms with Crippen molar-refractivity contribution in [2.24, 2.45) is 0 Å². The molecule has 7 nitrogen and oxygen atoms in total. The minimum Gasteiger partial charge on any atom is -0.495 e. The summed E-state index contributed by atoms with van der Waals surface area (Å²) < 4.78 is 48.6. The minimum atomic E-state index is -4.46. The van der Waals surface area contributed by atoms with Gasteiger partial charge in [0.15, 0.2) is 0 Å². The maximum atomic E-state index is 13.2. The summed E-state index contributed by atoms with van der Waals surface area (Å²) in [5, 5.41) is 0. The number of rotatable bonds is 8. The highest BCUT2D eigenvalue weighted by atomic mass is 19.4. The van der Waals surface area contributed by atoms with Crippen LogP contribution in [0.1, 0.15) is 43.1 Å². The Balaban J connectivity index is 0.000000960. The SMILES string of the molecule is C=CC#CCC.CCN(C(=O)c1cc(OC)cnc1N(C)C)C(C)COc1ccc(C(F)(F)F)cn1. The molecule has 0 aliphatic carbocycles. The second kappa shape index (κ2) is 14.6. The van der Waals surface area contributed by atoms with E-state index < -0.39 is 11.7 Å². The van der Waals surface area contributed by atoms with Gasteiger partial charge in [0.25, 0.3) is 5.91 Å². The fraction of sp³-hybridized carbons (Fsp3) is 0.423. The van der Waals surface area contributed by atoms with Crippen LogP contribution in [-0.2, 0) is 6.18 Å². The van der Waals surface area contributed by atoms with Gasteiger partial charge >= 0.3 is 6.18 Å². The Hall–Kier alpha value is -3.74. The lowest BCUT2D eigenvalue weighted by atomic mass is 10.1. The molecular weight excluding hydrogens is 473 g/mol. The first-order valence-electron chi connectivity index (χ1n) is 11.3. The number of halogens is 3. The fourth-order valence-corrected chi connectivity index (χ4v) is 2.98. The quantitative estimate of drug-likeness (QED) is 0.465. The second-order valence-corrected chi connectivity index (χ2v) is 7.65. The van der Waals surface area contributed by atoms with Crippen molar-refractivity contribution >= 4 is 11.7 Å². The maximum Gasteiger partial charge on any atom is 0.417 e. The zero-order valence-corrected chi connectivity index (χ0v) is 21.5. The molecule has 0 N–H and O–H groups in total. The number of amides is 1. The van der Waals surface area contributed by atoms with Crippen molar-refractivity contribution in [3.63, 3.8) is 0 Å². The maximum absolute atomic E-state index is 13.2. The monoisotopic (exact) mass is 506 g/mol. The van der Waals surface area contributed by atoms with Gasteiger partial charge in [0.2, 0.25) is 5.88 Å². The lowest BCUT2D eigenvalue weighted by Gasteiger charge is -2.29. The van der Waals surface area contributed by atoms with E-state index in [1.165, 1.54) is 13.3 Å². The number of allylic oxidation sites excluding steroid dienone is 1. The van der Waals surface area contributed by atoms with E-state index in [-0.39, 0.29) is 24.4 Å². The van der Waals surface area contributed by atoms with Crippen LogP contribution in [0.2, 0.25) is 0 Å². The number of nitrogens with zero attached hydrogens (tertiary/aromatic N) is 4. The number of anilines is 1. The molecule has 2 rings (SSSR count). The van der Waals surface area contributed by atoms with E-state index in [0.29, 0.717) is 29.9 Å². The summed E-state index contributed by atoms with van der Waals surface area (Å²) in [6.45, 7) is 9.51. The van der Waals surface area contributed by atoms with E-state index in [1.54, 1.807) is 43.0 Å². The molecule has 0 bridgehead atoms. The van der Waals surface area contributed by atoms with E-state index in [9.17, 15) is 18.0 Å². The number of hydrogen-bond donors (Lipinski definition) is 0. The smallest absolute Gasteiger partial charge is 0.417 e. The number of alkyl halides is 3. The zero-order valence-electron chi connectivity index (χ0n) is 21.5. The molecular formula is C26H33F3N4O3. The van der Waals surface area contributed by atoms with Crippen LogP contribution >= 0.6 is 0 Å².